The first-order valence-electron chi connectivity index (χ1n) is 6.34. The number of nitriles is 1. The summed E-state index contributed by atoms with van der Waals surface area (Å²) in [6.45, 7) is 1.54. The lowest BCUT2D eigenvalue weighted by molar-refractivity contribution is 0.357. The first kappa shape index (κ1) is 11.6. The Bertz CT molecular complexity index is 626. The van der Waals surface area contributed by atoms with Crippen molar-refractivity contribution in [2.45, 2.75) is 13.0 Å². The van der Waals surface area contributed by atoms with Crippen LogP contribution >= 0.6 is 0 Å². The van der Waals surface area contributed by atoms with Crippen molar-refractivity contribution in [2.24, 2.45) is 0 Å². The second-order valence-corrected chi connectivity index (χ2v) is 4.58. The van der Waals surface area contributed by atoms with Gasteiger partial charge in [-0.2, -0.15) is 5.26 Å². The molecule has 0 saturated heterocycles. The Balaban J connectivity index is 1.67. The number of anilines is 1. The SMILES string of the molecule is N#Cc1ccc(CNc2ccc3c(c2)CCO3)cc1. The molecule has 0 aliphatic carbocycles. The van der Waals surface area contributed by atoms with Gasteiger partial charge in [-0.1, -0.05) is 12.1 Å². The van der Waals surface area contributed by atoms with E-state index in [4.69, 9.17) is 10.00 Å². The largest absolute Gasteiger partial charge is 0.493 e. The van der Waals surface area contributed by atoms with Gasteiger partial charge in [0, 0.05) is 18.7 Å². The van der Waals surface area contributed by atoms with Crippen LogP contribution in [-0.4, -0.2) is 6.61 Å². The number of nitrogens with zero attached hydrogens (tertiary/aromatic N) is 1. The maximum Gasteiger partial charge on any atom is 0.122 e. The number of fused-ring (bicyclic) bond motifs is 1. The molecule has 1 aliphatic rings. The van der Waals surface area contributed by atoms with Gasteiger partial charge in [0.25, 0.3) is 0 Å². The molecule has 0 saturated carbocycles. The third-order valence-corrected chi connectivity index (χ3v) is 3.27. The van der Waals surface area contributed by atoms with E-state index in [0.29, 0.717) is 5.56 Å². The Hall–Kier alpha value is -2.47. The smallest absolute Gasteiger partial charge is 0.122 e. The molecule has 0 spiro atoms. The second-order valence-electron chi connectivity index (χ2n) is 4.58. The molecular formula is C16H14N2O. The highest BCUT2D eigenvalue weighted by molar-refractivity contribution is 5.52. The number of hydrogen-bond donors (Lipinski definition) is 1. The Labute approximate surface area is 112 Å². The lowest BCUT2D eigenvalue weighted by Crippen LogP contribution is -1.99. The molecule has 0 aromatic heterocycles. The van der Waals surface area contributed by atoms with Gasteiger partial charge in [0.2, 0.25) is 0 Å². The van der Waals surface area contributed by atoms with Crippen LogP contribution in [0.2, 0.25) is 0 Å². The average Bonchev–Trinajstić information content (AvgIpc) is 2.93. The van der Waals surface area contributed by atoms with Crippen LogP contribution in [0.5, 0.6) is 5.75 Å². The fourth-order valence-electron chi connectivity index (χ4n) is 2.20. The van der Waals surface area contributed by atoms with Crippen LogP contribution < -0.4 is 10.1 Å². The van der Waals surface area contributed by atoms with Crippen molar-refractivity contribution in [3.8, 4) is 11.8 Å². The van der Waals surface area contributed by atoms with E-state index in [0.717, 1.165) is 36.6 Å². The van der Waals surface area contributed by atoms with E-state index in [-0.39, 0.29) is 0 Å². The Kier molecular flexibility index (Phi) is 3.07. The van der Waals surface area contributed by atoms with Gasteiger partial charge in [-0.25, -0.2) is 0 Å². The highest BCUT2D eigenvalue weighted by Gasteiger charge is 2.11. The lowest BCUT2D eigenvalue weighted by Gasteiger charge is -2.08. The molecular weight excluding hydrogens is 236 g/mol. The van der Waals surface area contributed by atoms with E-state index in [1.807, 2.05) is 36.4 Å². The van der Waals surface area contributed by atoms with Crippen molar-refractivity contribution in [1.29, 1.82) is 5.26 Å². The van der Waals surface area contributed by atoms with Gasteiger partial charge in [-0.05, 0) is 41.5 Å². The van der Waals surface area contributed by atoms with Crippen LogP contribution in [0, 0.1) is 11.3 Å². The molecule has 1 heterocycles. The number of nitrogens with one attached hydrogen (secondary N) is 1. The van der Waals surface area contributed by atoms with Crippen LogP contribution in [0.4, 0.5) is 5.69 Å². The van der Waals surface area contributed by atoms with Crippen LogP contribution in [-0.2, 0) is 13.0 Å². The van der Waals surface area contributed by atoms with Gasteiger partial charge in [-0.3, -0.25) is 0 Å². The summed E-state index contributed by atoms with van der Waals surface area (Å²) in [4.78, 5) is 0. The van der Waals surface area contributed by atoms with Gasteiger partial charge in [0.15, 0.2) is 0 Å². The third-order valence-electron chi connectivity index (χ3n) is 3.27. The minimum Gasteiger partial charge on any atom is -0.493 e. The van der Waals surface area contributed by atoms with E-state index in [1.165, 1.54) is 5.56 Å². The first-order chi connectivity index (χ1) is 9.35. The van der Waals surface area contributed by atoms with Gasteiger partial charge in [0.1, 0.15) is 5.75 Å². The molecule has 19 heavy (non-hydrogen) atoms. The van der Waals surface area contributed by atoms with E-state index >= 15 is 0 Å². The van der Waals surface area contributed by atoms with Crippen LogP contribution in [0.3, 0.4) is 0 Å². The monoisotopic (exact) mass is 250 g/mol. The number of ether oxygens (including phenoxy) is 1. The van der Waals surface area contributed by atoms with Crippen molar-refractivity contribution in [3.63, 3.8) is 0 Å². The number of rotatable bonds is 3. The molecule has 1 aliphatic heterocycles. The minimum absolute atomic E-state index is 0.693. The zero-order valence-corrected chi connectivity index (χ0v) is 10.5. The summed E-state index contributed by atoms with van der Waals surface area (Å²) in [7, 11) is 0. The normalized spacial score (nSPS) is 12.4. The summed E-state index contributed by atoms with van der Waals surface area (Å²) in [5, 5.41) is 12.1. The predicted molar refractivity (Wildman–Crippen MR) is 74.1 cm³/mol. The summed E-state index contributed by atoms with van der Waals surface area (Å²) >= 11 is 0. The highest BCUT2D eigenvalue weighted by Crippen LogP contribution is 2.27. The Morgan fingerprint density at radius 1 is 1.16 bits per heavy atom. The maximum atomic E-state index is 8.75. The van der Waals surface area contributed by atoms with Gasteiger partial charge >= 0.3 is 0 Å². The molecule has 0 unspecified atom stereocenters. The van der Waals surface area contributed by atoms with Crippen molar-refractivity contribution >= 4 is 5.69 Å². The van der Waals surface area contributed by atoms with E-state index < -0.39 is 0 Å². The summed E-state index contributed by atoms with van der Waals surface area (Å²) in [6, 6.07) is 15.9. The molecule has 0 fully saturated rings. The summed E-state index contributed by atoms with van der Waals surface area (Å²) in [5.74, 6) is 1.00. The standard InChI is InChI=1S/C16H14N2O/c17-10-12-1-3-13(4-2-12)11-18-15-5-6-16-14(9-15)7-8-19-16/h1-6,9,18H,7-8,11H2. The van der Waals surface area contributed by atoms with Crippen molar-refractivity contribution in [1.82, 2.24) is 0 Å². The predicted octanol–water partition coefficient (Wildman–Crippen LogP) is 3.11. The molecule has 0 amide bonds. The van der Waals surface area contributed by atoms with E-state index in [2.05, 4.69) is 17.5 Å². The van der Waals surface area contributed by atoms with Gasteiger partial charge < -0.3 is 10.1 Å². The highest BCUT2D eigenvalue weighted by atomic mass is 16.5. The molecule has 2 aromatic carbocycles. The van der Waals surface area contributed by atoms with Crippen LogP contribution in [0.25, 0.3) is 0 Å². The lowest BCUT2D eigenvalue weighted by atomic mass is 10.1. The molecule has 3 rings (SSSR count). The van der Waals surface area contributed by atoms with Crippen molar-refractivity contribution in [3.05, 3.63) is 59.2 Å². The quantitative estimate of drug-likeness (QED) is 0.910. The Morgan fingerprint density at radius 3 is 2.79 bits per heavy atom. The van der Waals surface area contributed by atoms with Crippen LogP contribution in [0.15, 0.2) is 42.5 Å². The van der Waals surface area contributed by atoms with Crippen molar-refractivity contribution < 1.29 is 4.74 Å². The first-order valence-corrected chi connectivity index (χ1v) is 6.34. The average molecular weight is 250 g/mol. The molecule has 0 bridgehead atoms. The summed E-state index contributed by atoms with van der Waals surface area (Å²) in [6.07, 6.45) is 0.988. The molecule has 1 N–H and O–H groups in total. The summed E-state index contributed by atoms with van der Waals surface area (Å²) in [5.41, 5.74) is 4.23. The Morgan fingerprint density at radius 2 is 2.00 bits per heavy atom. The summed E-state index contributed by atoms with van der Waals surface area (Å²) < 4.78 is 5.48. The second kappa shape index (κ2) is 5.03. The van der Waals surface area contributed by atoms with Crippen molar-refractivity contribution in [2.75, 3.05) is 11.9 Å². The fourth-order valence-corrected chi connectivity index (χ4v) is 2.20. The van der Waals surface area contributed by atoms with E-state index in [1.54, 1.807) is 0 Å². The van der Waals surface area contributed by atoms with Gasteiger partial charge in [-0.15, -0.1) is 0 Å². The van der Waals surface area contributed by atoms with Crippen LogP contribution in [0.1, 0.15) is 16.7 Å². The molecule has 3 heteroatoms. The van der Waals surface area contributed by atoms with Gasteiger partial charge in [0.05, 0.1) is 18.2 Å². The zero-order chi connectivity index (χ0) is 13.1. The molecule has 0 atom stereocenters. The zero-order valence-electron chi connectivity index (χ0n) is 10.5. The molecule has 3 nitrogen and oxygen atoms in total. The molecule has 0 radical (unpaired) electrons. The third kappa shape index (κ3) is 2.53. The topological polar surface area (TPSA) is 45.0 Å². The van der Waals surface area contributed by atoms with E-state index in [9.17, 15) is 0 Å². The maximum absolute atomic E-state index is 8.75. The number of benzene rings is 2. The minimum atomic E-state index is 0.693. The molecule has 2 aromatic rings. The number of hydrogen-bond acceptors (Lipinski definition) is 3. The molecule has 94 valence electrons. The fraction of sp³-hybridized carbons (Fsp3) is 0.188.